The molecular formula is C21H35Cl2N3O2. The molecule has 1 aromatic rings. The molecule has 1 aliphatic carbocycles. The average molecular weight is 432 g/mol. The molecule has 7 heteroatoms. The molecule has 3 N–H and O–H groups in total. The summed E-state index contributed by atoms with van der Waals surface area (Å²) < 4.78 is 5.48. The predicted octanol–water partition coefficient (Wildman–Crippen LogP) is 2.80. The van der Waals surface area contributed by atoms with Crippen molar-refractivity contribution in [3.63, 3.8) is 0 Å². The zero-order valence-corrected chi connectivity index (χ0v) is 18.2. The van der Waals surface area contributed by atoms with Gasteiger partial charge in [-0.25, -0.2) is 0 Å². The van der Waals surface area contributed by atoms with E-state index in [-0.39, 0.29) is 36.1 Å². The zero-order valence-electron chi connectivity index (χ0n) is 16.6. The average Bonchev–Trinajstić information content (AvgIpc) is 2.68. The summed E-state index contributed by atoms with van der Waals surface area (Å²) in [6, 6.07) is 9.51. The molecule has 0 aromatic heterocycles. The van der Waals surface area contributed by atoms with Crippen LogP contribution in [0.2, 0.25) is 0 Å². The van der Waals surface area contributed by atoms with Crippen LogP contribution in [0.4, 0.5) is 0 Å². The first kappa shape index (κ1) is 25.2. The van der Waals surface area contributed by atoms with Crippen LogP contribution in [0, 0.1) is 5.41 Å². The van der Waals surface area contributed by atoms with Crippen molar-refractivity contribution in [2.24, 2.45) is 11.1 Å². The highest BCUT2D eigenvalue weighted by Crippen LogP contribution is 2.36. The maximum atomic E-state index is 12.6. The summed E-state index contributed by atoms with van der Waals surface area (Å²) in [5, 5.41) is 3.18. The van der Waals surface area contributed by atoms with Crippen LogP contribution in [0.3, 0.4) is 0 Å². The van der Waals surface area contributed by atoms with Crippen LogP contribution < -0.4 is 11.1 Å². The van der Waals surface area contributed by atoms with Gasteiger partial charge >= 0.3 is 0 Å². The van der Waals surface area contributed by atoms with Gasteiger partial charge < -0.3 is 15.8 Å². The third kappa shape index (κ3) is 7.53. The second kappa shape index (κ2) is 12.7. The standard InChI is InChI=1S/C21H33N3O2.2ClH/c22-19(15-18-7-3-1-4-8-18)20(25)23-16-21(9-5-2-6-10-21)17-24-11-13-26-14-12-24;;/h1,3-4,7-8,19H,2,5-6,9-17,22H2,(H,23,25);2*1H. The van der Waals surface area contributed by atoms with Crippen LogP contribution in [0.1, 0.15) is 37.7 Å². The maximum absolute atomic E-state index is 12.6. The van der Waals surface area contributed by atoms with E-state index in [0.29, 0.717) is 6.42 Å². The molecule has 1 saturated carbocycles. The second-order valence-corrected chi connectivity index (χ2v) is 7.96. The number of hydrogen-bond acceptors (Lipinski definition) is 4. The monoisotopic (exact) mass is 431 g/mol. The Balaban J connectivity index is 0.00000196. The van der Waals surface area contributed by atoms with Crippen LogP contribution in [0.5, 0.6) is 0 Å². The first-order chi connectivity index (χ1) is 12.7. The normalized spacial score (nSPS) is 20.3. The van der Waals surface area contributed by atoms with Gasteiger partial charge in [-0.2, -0.15) is 0 Å². The molecule has 3 rings (SSSR count). The number of nitrogens with two attached hydrogens (primary N) is 1. The third-order valence-corrected chi connectivity index (χ3v) is 5.85. The fourth-order valence-electron chi connectivity index (χ4n) is 4.29. The first-order valence-electron chi connectivity index (χ1n) is 10.0. The van der Waals surface area contributed by atoms with Gasteiger partial charge in [0, 0.05) is 31.6 Å². The van der Waals surface area contributed by atoms with E-state index in [4.69, 9.17) is 10.5 Å². The lowest BCUT2D eigenvalue weighted by Gasteiger charge is -2.42. The molecule has 2 aliphatic rings. The molecule has 0 radical (unpaired) electrons. The van der Waals surface area contributed by atoms with E-state index in [2.05, 4.69) is 10.2 Å². The van der Waals surface area contributed by atoms with Gasteiger partial charge in [0.05, 0.1) is 19.3 Å². The van der Waals surface area contributed by atoms with E-state index in [1.165, 1.54) is 32.1 Å². The summed E-state index contributed by atoms with van der Waals surface area (Å²) in [5.41, 5.74) is 7.45. The molecule has 1 amide bonds. The van der Waals surface area contributed by atoms with E-state index in [1.807, 2.05) is 30.3 Å². The molecule has 1 aromatic carbocycles. The summed E-state index contributed by atoms with van der Waals surface area (Å²) in [6.45, 7) is 5.46. The molecule has 1 unspecified atom stereocenters. The number of carbonyl (C=O) groups excluding carboxylic acids is 1. The Morgan fingerprint density at radius 3 is 2.39 bits per heavy atom. The topological polar surface area (TPSA) is 67.6 Å². The maximum Gasteiger partial charge on any atom is 0.237 e. The van der Waals surface area contributed by atoms with Gasteiger partial charge in [-0.3, -0.25) is 9.69 Å². The summed E-state index contributed by atoms with van der Waals surface area (Å²) in [7, 11) is 0. The molecule has 1 aliphatic heterocycles. The lowest BCUT2D eigenvalue weighted by atomic mass is 9.73. The van der Waals surface area contributed by atoms with Crippen molar-refractivity contribution in [3.05, 3.63) is 35.9 Å². The van der Waals surface area contributed by atoms with Crippen molar-refractivity contribution in [1.29, 1.82) is 0 Å². The number of carbonyl (C=O) groups is 1. The summed E-state index contributed by atoms with van der Waals surface area (Å²) in [4.78, 5) is 15.1. The number of benzene rings is 1. The van der Waals surface area contributed by atoms with E-state index >= 15 is 0 Å². The smallest absolute Gasteiger partial charge is 0.237 e. The van der Waals surface area contributed by atoms with E-state index in [0.717, 1.165) is 45.0 Å². The SMILES string of the molecule is Cl.Cl.NC(Cc1ccccc1)C(=O)NCC1(CN2CCOCC2)CCCCC1. The van der Waals surface area contributed by atoms with Crippen LogP contribution in [-0.2, 0) is 16.0 Å². The van der Waals surface area contributed by atoms with Gasteiger partial charge in [0.2, 0.25) is 5.91 Å². The molecule has 5 nitrogen and oxygen atoms in total. The van der Waals surface area contributed by atoms with Crippen molar-refractivity contribution in [3.8, 4) is 0 Å². The van der Waals surface area contributed by atoms with Crippen molar-refractivity contribution < 1.29 is 9.53 Å². The second-order valence-electron chi connectivity index (χ2n) is 7.96. The Labute approximate surface area is 181 Å². The summed E-state index contributed by atoms with van der Waals surface area (Å²) in [6.07, 6.45) is 6.80. The minimum atomic E-state index is -0.485. The van der Waals surface area contributed by atoms with Crippen LogP contribution in [0.25, 0.3) is 0 Å². The number of nitrogens with one attached hydrogen (secondary N) is 1. The molecule has 1 saturated heterocycles. The third-order valence-electron chi connectivity index (χ3n) is 5.85. The van der Waals surface area contributed by atoms with Crippen molar-refractivity contribution >= 4 is 30.7 Å². The number of ether oxygens (including phenoxy) is 1. The van der Waals surface area contributed by atoms with Crippen LogP contribution in [0.15, 0.2) is 30.3 Å². The van der Waals surface area contributed by atoms with Crippen molar-refractivity contribution in [2.75, 3.05) is 39.4 Å². The number of hydrogen-bond donors (Lipinski definition) is 2. The molecule has 0 bridgehead atoms. The van der Waals surface area contributed by atoms with Crippen molar-refractivity contribution in [2.45, 2.75) is 44.6 Å². The minimum absolute atomic E-state index is 0. The Morgan fingerprint density at radius 2 is 1.75 bits per heavy atom. The molecule has 0 spiro atoms. The first-order valence-corrected chi connectivity index (χ1v) is 10.0. The summed E-state index contributed by atoms with van der Waals surface area (Å²) >= 11 is 0. The van der Waals surface area contributed by atoms with Gasteiger partial charge in [-0.1, -0.05) is 49.6 Å². The molecule has 2 fully saturated rings. The number of nitrogens with zero attached hydrogens (tertiary/aromatic N) is 1. The Bertz CT molecular complexity index is 562. The fraction of sp³-hybridized carbons (Fsp3) is 0.667. The van der Waals surface area contributed by atoms with Crippen LogP contribution in [-0.4, -0.2) is 56.2 Å². The van der Waals surface area contributed by atoms with Gasteiger partial charge in [0.1, 0.15) is 0 Å². The van der Waals surface area contributed by atoms with Gasteiger partial charge in [-0.15, -0.1) is 24.8 Å². The summed E-state index contributed by atoms with van der Waals surface area (Å²) in [5.74, 6) is -0.0271. The van der Waals surface area contributed by atoms with Gasteiger partial charge in [0.25, 0.3) is 0 Å². The fourth-order valence-corrected chi connectivity index (χ4v) is 4.29. The Kier molecular flexibility index (Phi) is 11.4. The number of morpholine rings is 1. The Hall–Kier alpha value is -0.850. The lowest BCUT2D eigenvalue weighted by Crippen LogP contribution is -2.51. The number of rotatable bonds is 7. The Morgan fingerprint density at radius 1 is 1.11 bits per heavy atom. The highest BCUT2D eigenvalue weighted by molar-refractivity contribution is 5.85. The van der Waals surface area contributed by atoms with Crippen LogP contribution >= 0.6 is 24.8 Å². The molecular weight excluding hydrogens is 397 g/mol. The van der Waals surface area contributed by atoms with E-state index in [9.17, 15) is 4.79 Å². The quantitative estimate of drug-likeness (QED) is 0.696. The largest absolute Gasteiger partial charge is 0.379 e. The molecule has 28 heavy (non-hydrogen) atoms. The molecule has 160 valence electrons. The number of halogens is 2. The van der Waals surface area contributed by atoms with Gasteiger partial charge in [0.15, 0.2) is 0 Å². The molecule has 1 atom stereocenters. The van der Waals surface area contributed by atoms with E-state index < -0.39 is 6.04 Å². The zero-order chi connectivity index (χ0) is 18.2. The van der Waals surface area contributed by atoms with E-state index in [1.54, 1.807) is 0 Å². The molecule has 1 heterocycles. The predicted molar refractivity (Wildman–Crippen MR) is 118 cm³/mol. The number of amides is 1. The van der Waals surface area contributed by atoms with Gasteiger partial charge in [-0.05, 0) is 24.8 Å². The minimum Gasteiger partial charge on any atom is -0.379 e. The lowest BCUT2D eigenvalue weighted by molar-refractivity contribution is -0.123. The highest BCUT2D eigenvalue weighted by atomic mass is 35.5. The highest BCUT2D eigenvalue weighted by Gasteiger charge is 2.35. The van der Waals surface area contributed by atoms with Crippen molar-refractivity contribution in [1.82, 2.24) is 10.2 Å².